The van der Waals surface area contributed by atoms with Crippen molar-refractivity contribution in [2.45, 2.75) is 13.5 Å². The van der Waals surface area contributed by atoms with Gasteiger partial charge in [0.15, 0.2) is 0 Å². The summed E-state index contributed by atoms with van der Waals surface area (Å²) < 4.78 is 2.09. The third-order valence-electron chi connectivity index (χ3n) is 2.66. The lowest BCUT2D eigenvalue weighted by Crippen LogP contribution is -2.21. The highest BCUT2D eigenvalue weighted by atomic mass is 16.3. The predicted octanol–water partition coefficient (Wildman–Crippen LogP) is 1.07. The van der Waals surface area contributed by atoms with Crippen molar-refractivity contribution in [2.24, 2.45) is 0 Å². The van der Waals surface area contributed by atoms with Gasteiger partial charge in [0.2, 0.25) is 0 Å². The smallest absolute Gasteiger partial charge is 0.137 e. The van der Waals surface area contributed by atoms with Crippen LogP contribution >= 0.6 is 0 Å². The minimum absolute atomic E-state index is 0.183. The molecule has 4 nitrogen and oxygen atoms in total. The average molecular weight is 219 g/mol. The van der Waals surface area contributed by atoms with Gasteiger partial charge in [-0.3, -0.25) is 4.90 Å². The summed E-state index contributed by atoms with van der Waals surface area (Å²) in [4.78, 5) is 6.59. The van der Waals surface area contributed by atoms with Gasteiger partial charge in [-0.2, -0.15) is 0 Å². The van der Waals surface area contributed by atoms with Crippen LogP contribution in [-0.4, -0.2) is 39.6 Å². The topological polar surface area (TPSA) is 40.8 Å². The second-order valence-electron chi connectivity index (χ2n) is 4.09. The van der Waals surface area contributed by atoms with Gasteiger partial charge >= 0.3 is 0 Å². The van der Waals surface area contributed by atoms with Crippen LogP contribution in [0, 0.1) is 6.92 Å². The molecule has 0 amide bonds. The van der Waals surface area contributed by atoms with E-state index in [-0.39, 0.29) is 6.61 Å². The molecule has 1 N–H and O–H groups in total. The molecule has 0 aliphatic carbocycles. The molecule has 0 saturated carbocycles. The van der Waals surface area contributed by atoms with E-state index in [1.165, 1.54) is 5.69 Å². The average Bonchev–Trinajstić information content (AvgIpc) is 2.62. The van der Waals surface area contributed by atoms with Gasteiger partial charge in [0.1, 0.15) is 5.65 Å². The molecule has 0 spiro atoms. The minimum atomic E-state index is 0.183. The number of imidazole rings is 1. The van der Waals surface area contributed by atoms with Crippen LogP contribution in [0.3, 0.4) is 0 Å². The fourth-order valence-electron chi connectivity index (χ4n) is 1.80. The van der Waals surface area contributed by atoms with Crippen LogP contribution in [0.1, 0.15) is 11.4 Å². The number of hydrogen-bond acceptors (Lipinski definition) is 3. The van der Waals surface area contributed by atoms with Gasteiger partial charge in [0.25, 0.3) is 0 Å². The largest absolute Gasteiger partial charge is 0.395 e. The maximum absolute atomic E-state index is 8.83. The van der Waals surface area contributed by atoms with Gasteiger partial charge in [-0.15, -0.1) is 0 Å². The van der Waals surface area contributed by atoms with Crippen molar-refractivity contribution in [3.8, 4) is 0 Å². The summed E-state index contributed by atoms with van der Waals surface area (Å²) in [5.41, 5.74) is 3.19. The fourth-order valence-corrected chi connectivity index (χ4v) is 1.80. The van der Waals surface area contributed by atoms with Crippen LogP contribution in [0.2, 0.25) is 0 Å². The van der Waals surface area contributed by atoms with Crippen molar-refractivity contribution in [2.75, 3.05) is 20.2 Å². The molecule has 0 fully saturated rings. The number of aromatic nitrogens is 2. The van der Waals surface area contributed by atoms with Gasteiger partial charge < -0.3 is 9.51 Å². The predicted molar refractivity (Wildman–Crippen MR) is 63.3 cm³/mol. The highest BCUT2D eigenvalue weighted by Crippen LogP contribution is 2.09. The minimum Gasteiger partial charge on any atom is -0.395 e. The number of likely N-dealkylation sites (N-methyl/N-ethyl adjacent to an activating group) is 1. The Morgan fingerprint density at radius 1 is 1.44 bits per heavy atom. The van der Waals surface area contributed by atoms with Gasteiger partial charge in [0.05, 0.1) is 12.3 Å². The number of hydrogen-bond donors (Lipinski definition) is 1. The Hall–Kier alpha value is -1.39. The molecule has 0 aromatic carbocycles. The van der Waals surface area contributed by atoms with Crippen molar-refractivity contribution >= 4 is 5.65 Å². The molecule has 2 rings (SSSR count). The molecule has 2 aromatic heterocycles. The lowest BCUT2D eigenvalue weighted by atomic mass is 10.4. The number of nitrogens with zero attached hydrogens (tertiary/aromatic N) is 3. The quantitative estimate of drug-likeness (QED) is 0.836. The summed E-state index contributed by atoms with van der Waals surface area (Å²) >= 11 is 0. The molecule has 86 valence electrons. The lowest BCUT2D eigenvalue weighted by Gasteiger charge is -2.12. The number of aryl methyl sites for hydroxylation is 1. The van der Waals surface area contributed by atoms with Gasteiger partial charge in [-0.05, 0) is 26.1 Å². The van der Waals surface area contributed by atoms with Crippen LogP contribution in [0.5, 0.6) is 0 Å². The molecule has 0 bridgehead atoms. The van der Waals surface area contributed by atoms with Crippen molar-refractivity contribution in [1.29, 1.82) is 0 Å². The van der Waals surface area contributed by atoms with E-state index >= 15 is 0 Å². The van der Waals surface area contributed by atoms with Crippen molar-refractivity contribution in [3.63, 3.8) is 0 Å². The molecule has 0 unspecified atom stereocenters. The molecule has 2 aromatic rings. The molecule has 0 aliphatic heterocycles. The Morgan fingerprint density at radius 2 is 2.25 bits per heavy atom. The van der Waals surface area contributed by atoms with Crippen LogP contribution in [-0.2, 0) is 6.54 Å². The molecular formula is C12H17N3O. The van der Waals surface area contributed by atoms with Crippen LogP contribution in [0.15, 0.2) is 24.4 Å². The number of aliphatic hydroxyl groups excluding tert-OH is 1. The lowest BCUT2D eigenvalue weighted by molar-refractivity contribution is 0.216. The number of fused-ring (bicyclic) bond motifs is 1. The summed E-state index contributed by atoms with van der Waals surface area (Å²) in [6, 6.07) is 6.08. The maximum Gasteiger partial charge on any atom is 0.137 e. The van der Waals surface area contributed by atoms with Crippen molar-refractivity contribution in [3.05, 3.63) is 35.8 Å². The Bertz CT molecular complexity index is 478. The standard InChI is InChI=1S/C12H17N3O/c1-10-4-3-5-12-13-11(9-15(10)12)8-14(2)6-7-16/h3-5,9,16H,6-8H2,1-2H3. The zero-order chi connectivity index (χ0) is 11.5. The summed E-state index contributed by atoms with van der Waals surface area (Å²) in [5, 5.41) is 8.83. The highest BCUT2D eigenvalue weighted by molar-refractivity contribution is 5.41. The summed E-state index contributed by atoms with van der Waals surface area (Å²) in [7, 11) is 1.98. The Kier molecular flexibility index (Phi) is 3.22. The third-order valence-corrected chi connectivity index (χ3v) is 2.66. The first-order chi connectivity index (χ1) is 7.70. The molecule has 0 atom stereocenters. The van der Waals surface area contributed by atoms with E-state index in [0.29, 0.717) is 6.54 Å². The molecule has 2 heterocycles. The SMILES string of the molecule is Cc1cccc2nc(CN(C)CCO)cn12. The van der Waals surface area contributed by atoms with Crippen LogP contribution in [0.4, 0.5) is 0 Å². The first-order valence-corrected chi connectivity index (χ1v) is 5.43. The second-order valence-corrected chi connectivity index (χ2v) is 4.09. The van der Waals surface area contributed by atoms with Gasteiger partial charge in [0, 0.05) is 25.0 Å². The first kappa shape index (κ1) is 11.1. The molecule has 0 saturated heterocycles. The Morgan fingerprint density at radius 3 is 2.94 bits per heavy atom. The van der Waals surface area contributed by atoms with E-state index in [0.717, 1.165) is 17.9 Å². The van der Waals surface area contributed by atoms with Crippen LogP contribution < -0.4 is 0 Å². The maximum atomic E-state index is 8.83. The van der Waals surface area contributed by atoms with E-state index in [1.54, 1.807) is 0 Å². The first-order valence-electron chi connectivity index (χ1n) is 5.43. The fraction of sp³-hybridized carbons (Fsp3) is 0.417. The zero-order valence-electron chi connectivity index (χ0n) is 9.72. The second kappa shape index (κ2) is 4.63. The van der Waals surface area contributed by atoms with Crippen molar-refractivity contribution in [1.82, 2.24) is 14.3 Å². The number of aliphatic hydroxyl groups is 1. The Labute approximate surface area is 95.1 Å². The van der Waals surface area contributed by atoms with E-state index in [2.05, 4.69) is 33.5 Å². The number of rotatable bonds is 4. The monoisotopic (exact) mass is 219 g/mol. The van der Waals surface area contributed by atoms with E-state index in [1.807, 2.05) is 19.2 Å². The third kappa shape index (κ3) is 2.23. The normalized spacial score (nSPS) is 11.5. The Balaban J connectivity index is 2.23. The molecule has 0 radical (unpaired) electrons. The highest BCUT2D eigenvalue weighted by Gasteiger charge is 2.05. The summed E-state index contributed by atoms with van der Waals surface area (Å²) in [5.74, 6) is 0. The van der Waals surface area contributed by atoms with E-state index < -0.39 is 0 Å². The summed E-state index contributed by atoms with van der Waals surface area (Å²) in [6.45, 7) is 3.69. The number of pyridine rings is 1. The van der Waals surface area contributed by atoms with Gasteiger partial charge in [-0.1, -0.05) is 6.07 Å². The zero-order valence-corrected chi connectivity index (χ0v) is 9.72. The molecule has 4 heteroatoms. The summed E-state index contributed by atoms with van der Waals surface area (Å²) in [6.07, 6.45) is 2.05. The molecule has 16 heavy (non-hydrogen) atoms. The van der Waals surface area contributed by atoms with E-state index in [4.69, 9.17) is 5.11 Å². The van der Waals surface area contributed by atoms with Crippen LogP contribution in [0.25, 0.3) is 5.65 Å². The van der Waals surface area contributed by atoms with Crippen molar-refractivity contribution < 1.29 is 5.11 Å². The molecular weight excluding hydrogens is 202 g/mol. The van der Waals surface area contributed by atoms with Gasteiger partial charge in [-0.25, -0.2) is 4.98 Å². The molecule has 0 aliphatic rings. The van der Waals surface area contributed by atoms with E-state index in [9.17, 15) is 0 Å².